The summed E-state index contributed by atoms with van der Waals surface area (Å²) < 4.78 is 51.4. The first-order chi connectivity index (χ1) is 14.4. The number of furan rings is 1. The first-order valence-corrected chi connectivity index (χ1v) is 10.1. The molecule has 0 unspecified atom stereocenters. The molecule has 4 rings (SSSR count). The number of rotatable bonds is 5. The molecule has 3 heterocycles. The van der Waals surface area contributed by atoms with Crippen molar-refractivity contribution in [3.05, 3.63) is 53.2 Å². The van der Waals surface area contributed by atoms with Gasteiger partial charge in [-0.25, -0.2) is 4.98 Å². The van der Waals surface area contributed by atoms with Crippen LogP contribution in [-0.2, 0) is 22.1 Å². The normalized spacial score (nSPS) is 14.7. The summed E-state index contributed by atoms with van der Waals surface area (Å²) in [6.45, 7) is 1.97. The lowest BCUT2D eigenvalue weighted by molar-refractivity contribution is -0.136. The number of thiazole rings is 1. The molecule has 0 radical (unpaired) electrons. The molecule has 1 amide bonds. The number of nitrogens with zero attached hydrogens (tertiary/aromatic N) is 2. The summed E-state index contributed by atoms with van der Waals surface area (Å²) in [5.74, 6) is 0.000588. The molecule has 1 saturated heterocycles. The molecule has 2 aromatic heterocycles. The van der Waals surface area contributed by atoms with Gasteiger partial charge in [0.25, 0.3) is 0 Å². The van der Waals surface area contributed by atoms with Crippen LogP contribution in [-0.4, -0.2) is 37.2 Å². The van der Waals surface area contributed by atoms with Crippen LogP contribution in [0, 0.1) is 0 Å². The summed E-state index contributed by atoms with van der Waals surface area (Å²) in [6, 6.07) is 7.41. The van der Waals surface area contributed by atoms with Gasteiger partial charge < -0.3 is 19.4 Å². The number of benzene rings is 1. The monoisotopic (exact) mass is 437 g/mol. The van der Waals surface area contributed by atoms with Gasteiger partial charge in [-0.2, -0.15) is 13.2 Å². The van der Waals surface area contributed by atoms with Crippen molar-refractivity contribution in [2.24, 2.45) is 0 Å². The molecule has 1 aliphatic rings. The highest BCUT2D eigenvalue weighted by Gasteiger charge is 2.35. The van der Waals surface area contributed by atoms with Gasteiger partial charge in [0.2, 0.25) is 5.91 Å². The predicted octanol–water partition coefficient (Wildman–Crippen LogP) is 4.44. The Balaban J connectivity index is 1.49. The van der Waals surface area contributed by atoms with Crippen molar-refractivity contribution < 1.29 is 27.1 Å². The van der Waals surface area contributed by atoms with Crippen LogP contribution in [0.4, 0.5) is 24.5 Å². The maximum atomic E-state index is 13.6. The van der Waals surface area contributed by atoms with Crippen LogP contribution >= 0.6 is 11.3 Å². The van der Waals surface area contributed by atoms with E-state index >= 15 is 0 Å². The number of carbonyl (C=O) groups excluding carboxylic acids is 1. The summed E-state index contributed by atoms with van der Waals surface area (Å²) in [5, 5.41) is 4.67. The maximum absolute atomic E-state index is 13.6. The Kier molecular flexibility index (Phi) is 5.78. The predicted molar refractivity (Wildman–Crippen MR) is 107 cm³/mol. The third-order valence-corrected chi connectivity index (χ3v) is 5.49. The van der Waals surface area contributed by atoms with E-state index in [1.54, 1.807) is 23.6 Å². The Hall–Kier alpha value is -2.85. The number of halogens is 3. The van der Waals surface area contributed by atoms with E-state index in [4.69, 9.17) is 9.15 Å². The number of amides is 1. The van der Waals surface area contributed by atoms with Crippen molar-refractivity contribution in [2.45, 2.75) is 12.6 Å². The quantitative estimate of drug-likeness (QED) is 0.639. The first-order valence-electron chi connectivity index (χ1n) is 9.22. The minimum Gasteiger partial charge on any atom is -0.462 e. The number of alkyl halides is 3. The first kappa shape index (κ1) is 20.4. The minimum absolute atomic E-state index is 0.139. The number of aromatic nitrogens is 1. The summed E-state index contributed by atoms with van der Waals surface area (Å²) in [7, 11) is 0. The molecular formula is C20H18F3N3O3S. The number of anilines is 2. The molecule has 0 saturated carbocycles. The van der Waals surface area contributed by atoms with Crippen LogP contribution in [0.2, 0.25) is 0 Å². The van der Waals surface area contributed by atoms with Gasteiger partial charge in [0, 0.05) is 24.2 Å². The third kappa shape index (κ3) is 4.65. The molecule has 6 nitrogen and oxygen atoms in total. The topological polar surface area (TPSA) is 67.6 Å². The lowest BCUT2D eigenvalue weighted by atomic mass is 10.1. The van der Waals surface area contributed by atoms with Crippen molar-refractivity contribution in [1.29, 1.82) is 0 Å². The zero-order chi connectivity index (χ0) is 21.1. The van der Waals surface area contributed by atoms with E-state index in [0.29, 0.717) is 48.5 Å². The molecule has 30 heavy (non-hydrogen) atoms. The standard InChI is InChI=1S/C20H18F3N3O3S/c21-20(22,23)15-11-14(26-5-8-28-9-6-26)3-4-16(15)25-18(27)10-13-12-30-19(24-13)17-2-1-7-29-17/h1-4,7,11-12H,5-6,8-10H2,(H,25,27). The zero-order valence-corrected chi connectivity index (χ0v) is 16.6. The van der Waals surface area contributed by atoms with Crippen LogP contribution in [0.5, 0.6) is 0 Å². The van der Waals surface area contributed by atoms with E-state index < -0.39 is 17.6 Å². The molecule has 10 heteroatoms. The summed E-state index contributed by atoms with van der Waals surface area (Å²) in [6.07, 6.45) is -3.22. The molecule has 3 aromatic rings. The Bertz CT molecular complexity index is 1010. The average molecular weight is 437 g/mol. The van der Waals surface area contributed by atoms with Gasteiger partial charge in [-0.05, 0) is 30.3 Å². The lowest BCUT2D eigenvalue weighted by Gasteiger charge is -2.29. The number of hydrogen-bond donors (Lipinski definition) is 1. The van der Waals surface area contributed by atoms with Crippen LogP contribution in [0.15, 0.2) is 46.4 Å². The van der Waals surface area contributed by atoms with Crippen molar-refractivity contribution in [1.82, 2.24) is 4.98 Å². The smallest absolute Gasteiger partial charge is 0.418 e. The summed E-state index contributed by atoms with van der Waals surface area (Å²) >= 11 is 1.30. The van der Waals surface area contributed by atoms with Gasteiger partial charge in [-0.15, -0.1) is 11.3 Å². The number of nitrogens with one attached hydrogen (secondary N) is 1. The van der Waals surface area contributed by atoms with Gasteiger partial charge in [0.15, 0.2) is 10.8 Å². The molecule has 1 fully saturated rings. The minimum atomic E-state index is -4.60. The molecule has 1 N–H and O–H groups in total. The van der Waals surface area contributed by atoms with Crippen LogP contribution < -0.4 is 10.2 Å². The number of carbonyl (C=O) groups is 1. The average Bonchev–Trinajstić information content (AvgIpc) is 3.40. The van der Waals surface area contributed by atoms with Gasteiger partial charge >= 0.3 is 6.18 Å². The Morgan fingerprint density at radius 1 is 1.23 bits per heavy atom. The molecule has 0 spiro atoms. The number of hydrogen-bond acceptors (Lipinski definition) is 6. The highest BCUT2D eigenvalue weighted by Crippen LogP contribution is 2.37. The van der Waals surface area contributed by atoms with Crippen molar-refractivity contribution in [3.63, 3.8) is 0 Å². The van der Waals surface area contributed by atoms with Crippen molar-refractivity contribution in [2.75, 3.05) is 36.5 Å². The molecule has 0 aliphatic carbocycles. The van der Waals surface area contributed by atoms with Crippen molar-refractivity contribution >= 4 is 28.6 Å². The van der Waals surface area contributed by atoms with Crippen LogP contribution in [0.1, 0.15) is 11.3 Å². The Morgan fingerprint density at radius 3 is 2.73 bits per heavy atom. The fourth-order valence-corrected chi connectivity index (χ4v) is 3.94. The van der Waals surface area contributed by atoms with E-state index in [1.165, 1.54) is 23.7 Å². The molecule has 0 bridgehead atoms. The summed E-state index contributed by atoms with van der Waals surface area (Å²) in [4.78, 5) is 18.5. The van der Waals surface area contributed by atoms with E-state index in [-0.39, 0.29) is 12.1 Å². The fourth-order valence-electron chi connectivity index (χ4n) is 3.15. The number of morpholine rings is 1. The SMILES string of the molecule is O=C(Cc1csc(-c2ccco2)n1)Nc1ccc(N2CCOCC2)cc1C(F)(F)F. The van der Waals surface area contributed by atoms with E-state index in [1.807, 2.05) is 4.90 Å². The van der Waals surface area contributed by atoms with Crippen LogP contribution in [0.25, 0.3) is 10.8 Å². The van der Waals surface area contributed by atoms with Crippen LogP contribution in [0.3, 0.4) is 0 Å². The Morgan fingerprint density at radius 2 is 2.03 bits per heavy atom. The van der Waals surface area contributed by atoms with Gasteiger partial charge in [0.1, 0.15) is 0 Å². The second-order valence-electron chi connectivity index (χ2n) is 6.67. The molecule has 0 atom stereocenters. The summed E-state index contributed by atoms with van der Waals surface area (Å²) in [5.41, 5.74) is -0.242. The van der Waals surface area contributed by atoms with Gasteiger partial charge in [-0.1, -0.05) is 0 Å². The fraction of sp³-hybridized carbons (Fsp3) is 0.300. The lowest BCUT2D eigenvalue weighted by Crippen LogP contribution is -2.36. The molecule has 1 aromatic carbocycles. The van der Waals surface area contributed by atoms with Gasteiger partial charge in [0.05, 0.1) is 42.8 Å². The molecule has 158 valence electrons. The second-order valence-corrected chi connectivity index (χ2v) is 7.53. The highest BCUT2D eigenvalue weighted by molar-refractivity contribution is 7.13. The second kappa shape index (κ2) is 8.49. The van der Waals surface area contributed by atoms with Gasteiger partial charge in [-0.3, -0.25) is 4.79 Å². The largest absolute Gasteiger partial charge is 0.462 e. The van der Waals surface area contributed by atoms with E-state index in [0.717, 1.165) is 6.07 Å². The highest BCUT2D eigenvalue weighted by atomic mass is 32.1. The van der Waals surface area contributed by atoms with Crippen molar-refractivity contribution in [3.8, 4) is 10.8 Å². The van der Waals surface area contributed by atoms with E-state index in [2.05, 4.69) is 10.3 Å². The molecule has 1 aliphatic heterocycles. The molecular weight excluding hydrogens is 419 g/mol. The zero-order valence-electron chi connectivity index (χ0n) is 15.7. The van der Waals surface area contributed by atoms with E-state index in [9.17, 15) is 18.0 Å². The third-order valence-electron chi connectivity index (χ3n) is 4.58. The number of ether oxygens (including phenoxy) is 1. The Labute approximate surface area is 174 Å². The maximum Gasteiger partial charge on any atom is 0.418 e.